The van der Waals surface area contributed by atoms with Gasteiger partial charge in [-0.05, 0) is 22.9 Å². The molecule has 0 aliphatic carbocycles. The molecule has 5 nitrogen and oxygen atoms in total. The summed E-state index contributed by atoms with van der Waals surface area (Å²) in [4.78, 5) is 14.0. The Bertz CT molecular complexity index is 442. The van der Waals surface area contributed by atoms with Crippen LogP contribution in [-0.2, 0) is 0 Å². The predicted octanol–water partition coefficient (Wildman–Crippen LogP) is 2.58. The van der Waals surface area contributed by atoms with Gasteiger partial charge in [-0.1, -0.05) is 0 Å². The minimum atomic E-state index is -0.483. The molecule has 0 radical (unpaired) electrons. The molecule has 1 aromatic heterocycles. The summed E-state index contributed by atoms with van der Waals surface area (Å²) in [6, 6.07) is -0.0394. The lowest BCUT2D eigenvalue weighted by molar-refractivity contribution is -0.384. The van der Waals surface area contributed by atoms with Gasteiger partial charge in [-0.15, -0.1) is 12.3 Å². The Morgan fingerprint density at radius 1 is 1.75 bits per heavy atom. The maximum absolute atomic E-state index is 10.8. The van der Waals surface area contributed by atoms with Crippen LogP contribution in [0.3, 0.4) is 0 Å². The van der Waals surface area contributed by atoms with Crippen LogP contribution in [0.15, 0.2) is 16.9 Å². The highest BCUT2D eigenvalue weighted by molar-refractivity contribution is 9.10. The second-order valence-electron chi connectivity index (χ2n) is 3.23. The van der Waals surface area contributed by atoms with Crippen LogP contribution in [0.1, 0.15) is 13.3 Å². The zero-order valence-electron chi connectivity index (χ0n) is 8.61. The fourth-order valence-electron chi connectivity index (χ4n) is 1.18. The minimum Gasteiger partial charge on any atom is -0.375 e. The fourth-order valence-corrected chi connectivity index (χ4v) is 1.62. The number of nitro groups is 1. The van der Waals surface area contributed by atoms with E-state index in [1.807, 2.05) is 6.92 Å². The van der Waals surface area contributed by atoms with Crippen molar-refractivity contribution in [3.63, 3.8) is 0 Å². The van der Waals surface area contributed by atoms with Gasteiger partial charge in [-0.25, -0.2) is 0 Å². The summed E-state index contributed by atoms with van der Waals surface area (Å²) in [5.41, 5.74) is 0.334. The molecule has 0 aromatic carbocycles. The molecular formula is C10H10BrN3O2. The van der Waals surface area contributed by atoms with E-state index in [4.69, 9.17) is 6.42 Å². The molecule has 1 rings (SSSR count). The zero-order valence-corrected chi connectivity index (χ0v) is 10.2. The van der Waals surface area contributed by atoms with Gasteiger partial charge in [0.2, 0.25) is 0 Å². The van der Waals surface area contributed by atoms with Crippen LogP contribution in [-0.4, -0.2) is 15.9 Å². The Hall–Kier alpha value is -1.61. The van der Waals surface area contributed by atoms with E-state index < -0.39 is 4.92 Å². The normalized spacial score (nSPS) is 11.6. The zero-order chi connectivity index (χ0) is 12.1. The van der Waals surface area contributed by atoms with Gasteiger partial charge < -0.3 is 5.32 Å². The van der Waals surface area contributed by atoms with Gasteiger partial charge >= 0.3 is 5.69 Å². The lowest BCUT2D eigenvalue weighted by Crippen LogP contribution is -2.15. The Balaban J connectivity index is 3.02. The Morgan fingerprint density at radius 3 is 3.00 bits per heavy atom. The first-order valence-corrected chi connectivity index (χ1v) is 5.33. The van der Waals surface area contributed by atoms with Crippen LogP contribution >= 0.6 is 15.9 Å². The first kappa shape index (κ1) is 12.5. The van der Waals surface area contributed by atoms with Crippen molar-refractivity contribution in [2.75, 3.05) is 5.32 Å². The monoisotopic (exact) mass is 283 g/mol. The van der Waals surface area contributed by atoms with Crippen LogP contribution in [0.4, 0.5) is 11.4 Å². The maximum atomic E-state index is 10.8. The van der Waals surface area contributed by atoms with E-state index in [1.165, 1.54) is 12.4 Å². The lowest BCUT2D eigenvalue weighted by atomic mass is 10.2. The highest BCUT2D eigenvalue weighted by atomic mass is 79.9. The highest BCUT2D eigenvalue weighted by Crippen LogP contribution is 2.31. The number of pyridine rings is 1. The maximum Gasteiger partial charge on any atom is 0.311 e. The second kappa shape index (κ2) is 5.47. The summed E-state index contributed by atoms with van der Waals surface area (Å²) in [7, 11) is 0. The predicted molar refractivity (Wildman–Crippen MR) is 65.1 cm³/mol. The Morgan fingerprint density at radius 2 is 2.44 bits per heavy atom. The van der Waals surface area contributed by atoms with Gasteiger partial charge in [0.1, 0.15) is 11.9 Å². The van der Waals surface area contributed by atoms with E-state index in [0.717, 1.165) is 0 Å². The first-order chi connectivity index (χ1) is 7.56. The topological polar surface area (TPSA) is 68.1 Å². The third-order valence-electron chi connectivity index (χ3n) is 1.89. The molecule has 0 fully saturated rings. The van der Waals surface area contributed by atoms with Crippen molar-refractivity contribution >= 4 is 27.3 Å². The number of terminal acetylenes is 1. The fraction of sp³-hybridized carbons (Fsp3) is 0.300. The number of nitrogens with zero attached hydrogens (tertiary/aromatic N) is 2. The van der Waals surface area contributed by atoms with Gasteiger partial charge in [-0.3, -0.25) is 15.1 Å². The smallest absolute Gasteiger partial charge is 0.311 e. The molecule has 0 saturated heterocycles. The van der Waals surface area contributed by atoms with Crippen LogP contribution in [0.25, 0.3) is 0 Å². The number of hydrogen-bond donors (Lipinski definition) is 1. The third kappa shape index (κ3) is 2.94. The third-order valence-corrected chi connectivity index (χ3v) is 2.49. The Kier molecular flexibility index (Phi) is 4.26. The van der Waals surface area contributed by atoms with Gasteiger partial charge in [0.15, 0.2) is 0 Å². The molecule has 0 aliphatic heterocycles. The van der Waals surface area contributed by atoms with Crippen LogP contribution in [0.2, 0.25) is 0 Å². The van der Waals surface area contributed by atoms with E-state index >= 15 is 0 Å². The van der Waals surface area contributed by atoms with E-state index in [0.29, 0.717) is 16.6 Å². The summed E-state index contributed by atoms with van der Waals surface area (Å²) in [5, 5.41) is 13.8. The van der Waals surface area contributed by atoms with E-state index in [1.54, 1.807) is 0 Å². The highest BCUT2D eigenvalue weighted by Gasteiger charge is 2.18. The molecule has 0 saturated carbocycles. The molecule has 1 N–H and O–H groups in total. The van der Waals surface area contributed by atoms with Crippen LogP contribution in [0.5, 0.6) is 0 Å². The molecular weight excluding hydrogens is 274 g/mol. The largest absolute Gasteiger partial charge is 0.375 e. The Labute approximate surface area is 102 Å². The quantitative estimate of drug-likeness (QED) is 0.524. The van der Waals surface area contributed by atoms with Crippen LogP contribution in [0, 0.1) is 22.5 Å². The summed E-state index contributed by atoms with van der Waals surface area (Å²) in [5.74, 6) is 2.49. The molecule has 0 aliphatic rings. The molecule has 0 amide bonds. The summed E-state index contributed by atoms with van der Waals surface area (Å²) in [6.07, 6.45) is 8.37. The summed E-state index contributed by atoms with van der Waals surface area (Å²) < 4.78 is 0.547. The lowest BCUT2D eigenvalue weighted by Gasteiger charge is -2.13. The van der Waals surface area contributed by atoms with Crippen molar-refractivity contribution in [3.8, 4) is 12.3 Å². The number of halogens is 1. The number of hydrogen-bond acceptors (Lipinski definition) is 4. The van der Waals surface area contributed by atoms with Gasteiger partial charge in [0.05, 0.1) is 9.40 Å². The SMILES string of the molecule is C#CCC(C)Nc1c(Br)cncc1[N+](=O)[O-]. The van der Waals surface area contributed by atoms with Crippen molar-refractivity contribution in [3.05, 3.63) is 27.0 Å². The van der Waals surface area contributed by atoms with Crippen molar-refractivity contribution in [2.24, 2.45) is 0 Å². The van der Waals surface area contributed by atoms with Crippen molar-refractivity contribution in [1.82, 2.24) is 4.98 Å². The molecule has 1 aromatic rings. The van der Waals surface area contributed by atoms with Gasteiger partial charge in [0.25, 0.3) is 0 Å². The van der Waals surface area contributed by atoms with E-state index in [9.17, 15) is 10.1 Å². The van der Waals surface area contributed by atoms with E-state index in [-0.39, 0.29) is 11.7 Å². The minimum absolute atomic E-state index is 0.0394. The summed E-state index contributed by atoms with van der Waals surface area (Å²) in [6.45, 7) is 1.86. The van der Waals surface area contributed by atoms with Gasteiger partial charge in [-0.2, -0.15) is 0 Å². The van der Waals surface area contributed by atoms with Crippen molar-refractivity contribution in [2.45, 2.75) is 19.4 Å². The van der Waals surface area contributed by atoms with Crippen molar-refractivity contribution < 1.29 is 4.92 Å². The first-order valence-electron chi connectivity index (χ1n) is 4.54. The average Bonchev–Trinajstić information content (AvgIpc) is 2.21. The molecule has 1 unspecified atom stereocenters. The van der Waals surface area contributed by atoms with Crippen molar-refractivity contribution in [1.29, 1.82) is 0 Å². The standard InChI is InChI=1S/C10H10BrN3O2/c1-3-4-7(2)13-10-8(11)5-12-6-9(10)14(15)16/h1,5-7H,4H2,2H3,(H,12,13). The molecule has 6 heteroatoms. The molecule has 0 bridgehead atoms. The number of nitrogens with one attached hydrogen (secondary N) is 1. The van der Waals surface area contributed by atoms with E-state index in [2.05, 4.69) is 32.2 Å². The summed E-state index contributed by atoms with van der Waals surface area (Å²) >= 11 is 3.21. The molecule has 1 heterocycles. The average molecular weight is 284 g/mol. The number of rotatable bonds is 4. The molecule has 1 atom stereocenters. The number of anilines is 1. The van der Waals surface area contributed by atoms with Crippen LogP contribution < -0.4 is 5.32 Å². The second-order valence-corrected chi connectivity index (χ2v) is 4.08. The van der Waals surface area contributed by atoms with Gasteiger partial charge in [0, 0.05) is 18.7 Å². The molecule has 0 spiro atoms. The number of aromatic nitrogens is 1. The molecule has 16 heavy (non-hydrogen) atoms. The molecule has 84 valence electrons.